The fraction of sp³-hybridized carbons (Fsp3) is 0.231. The molecule has 18 heavy (non-hydrogen) atoms. The Bertz CT molecular complexity index is 657. The van der Waals surface area contributed by atoms with Crippen LogP contribution in [0.3, 0.4) is 0 Å². The molecule has 0 saturated carbocycles. The molecular formula is C13H14N4S. The molecule has 1 unspecified atom stereocenters. The number of nitrogens with one attached hydrogen (secondary N) is 1. The van der Waals surface area contributed by atoms with Gasteiger partial charge in [0.15, 0.2) is 5.65 Å². The van der Waals surface area contributed by atoms with Crippen molar-refractivity contribution in [1.82, 2.24) is 14.6 Å². The van der Waals surface area contributed by atoms with Crippen molar-refractivity contribution in [3.8, 4) is 0 Å². The molecule has 0 bridgehead atoms. The number of anilines is 1. The monoisotopic (exact) mass is 258 g/mol. The van der Waals surface area contributed by atoms with Gasteiger partial charge in [0.25, 0.3) is 0 Å². The second kappa shape index (κ2) is 4.42. The summed E-state index contributed by atoms with van der Waals surface area (Å²) < 4.78 is 1.83. The molecule has 92 valence electrons. The summed E-state index contributed by atoms with van der Waals surface area (Å²) in [5, 5.41) is 9.82. The van der Waals surface area contributed by atoms with Crippen LogP contribution in [0.1, 0.15) is 23.4 Å². The normalized spacial score (nSPS) is 12.8. The van der Waals surface area contributed by atoms with Gasteiger partial charge < -0.3 is 5.32 Å². The maximum absolute atomic E-state index is 4.24. The molecule has 0 aromatic carbocycles. The van der Waals surface area contributed by atoms with Crippen LogP contribution in [0, 0.1) is 6.92 Å². The van der Waals surface area contributed by atoms with Crippen molar-refractivity contribution < 1.29 is 0 Å². The standard InChI is InChI=1S/C13H14N4S/c1-9-6-12-14-8-15-17(12)13(7-9)16-10(2)11-4-3-5-18-11/h3-8,10,16H,1-2H3. The highest BCUT2D eigenvalue weighted by Crippen LogP contribution is 2.23. The second-order valence-electron chi connectivity index (χ2n) is 4.33. The minimum Gasteiger partial charge on any atom is -0.363 e. The summed E-state index contributed by atoms with van der Waals surface area (Å²) >= 11 is 1.75. The van der Waals surface area contributed by atoms with E-state index in [0.717, 1.165) is 11.5 Å². The van der Waals surface area contributed by atoms with Crippen molar-refractivity contribution in [3.63, 3.8) is 0 Å². The van der Waals surface area contributed by atoms with Crippen LogP contribution in [-0.2, 0) is 0 Å². The Morgan fingerprint density at radius 2 is 2.28 bits per heavy atom. The molecule has 0 spiro atoms. The largest absolute Gasteiger partial charge is 0.363 e. The van der Waals surface area contributed by atoms with Gasteiger partial charge in [0, 0.05) is 4.88 Å². The van der Waals surface area contributed by atoms with E-state index < -0.39 is 0 Å². The van der Waals surface area contributed by atoms with Gasteiger partial charge in [-0.1, -0.05) is 6.07 Å². The molecule has 3 aromatic rings. The van der Waals surface area contributed by atoms with E-state index in [1.165, 1.54) is 10.4 Å². The molecule has 0 aliphatic carbocycles. The fourth-order valence-corrected chi connectivity index (χ4v) is 2.72. The number of pyridine rings is 1. The Morgan fingerprint density at radius 1 is 1.39 bits per heavy atom. The molecule has 5 heteroatoms. The van der Waals surface area contributed by atoms with Crippen LogP contribution in [0.5, 0.6) is 0 Å². The molecule has 1 N–H and O–H groups in total. The molecule has 1 atom stereocenters. The summed E-state index contributed by atoms with van der Waals surface area (Å²) in [4.78, 5) is 5.53. The van der Waals surface area contributed by atoms with E-state index in [1.54, 1.807) is 17.7 Å². The van der Waals surface area contributed by atoms with Crippen LogP contribution in [0.25, 0.3) is 5.65 Å². The van der Waals surface area contributed by atoms with Gasteiger partial charge in [-0.05, 0) is 43.0 Å². The Balaban J connectivity index is 1.97. The Labute approximate surface area is 109 Å². The lowest BCUT2D eigenvalue weighted by Crippen LogP contribution is -2.09. The SMILES string of the molecule is Cc1cc(NC(C)c2cccs2)n2ncnc2c1. The average molecular weight is 258 g/mol. The number of nitrogens with zero attached hydrogens (tertiary/aromatic N) is 3. The van der Waals surface area contributed by atoms with Gasteiger partial charge in [-0.15, -0.1) is 11.3 Å². The maximum Gasteiger partial charge on any atom is 0.157 e. The van der Waals surface area contributed by atoms with Crippen molar-refractivity contribution in [3.05, 3.63) is 46.4 Å². The number of fused-ring (bicyclic) bond motifs is 1. The van der Waals surface area contributed by atoms with E-state index in [9.17, 15) is 0 Å². The van der Waals surface area contributed by atoms with Crippen LogP contribution in [-0.4, -0.2) is 14.6 Å². The molecule has 0 aliphatic rings. The van der Waals surface area contributed by atoms with Crippen LogP contribution < -0.4 is 5.32 Å². The molecule has 0 saturated heterocycles. The number of aryl methyl sites for hydroxylation is 1. The van der Waals surface area contributed by atoms with E-state index in [1.807, 2.05) is 10.6 Å². The molecule has 0 fully saturated rings. The second-order valence-corrected chi connectivity index (χ2v) is 5.31. The zero-order chi connectivity index (χ0) is 12.5. The molecule has 3 rings (SSSR count). The first kappa shape index (κ1) is 11.2. The molecule has 3 aromatic heterocycles. The minimum absolute atomic E-state index is 0.263. The van der Waals surface area contributed by atoms with Gasteiger partial charge in [0.1, 0.15) is 12.1 Å². The van der Waals surface area contributed by atoms with Gasteiger partial charge >= 0.3 is 0 Å². The highest BCUT2D eigenvalue weighted by molar-refractivity contribution is 7.10. The van der Waals surface area contributed by atoms with E-state index in [4.69, 9.17) is 0 Å². The molecule has 0 amide bonds. The van der Waals surface area contributed by atoms with Crippen LogP contribution >= 0.6 is 11.3 Å². The summed E-state index contributed by atoms with van der Waals surface area (Å²) in [6.07, 6.45) is 1.58. The minimum atomic E-state index is 0.263. The predicted molar refractivity (Wildman–Crippen MR) is 74.1 cm³/mol. The van der Waals surface area contributed by atoms with Crippen molar-refractivity contribution in [2.45, 2.75) is 19.9 Å². The van der Waals surface area contributed by atoms with Gasteiger partial charge in [-0.25, -0.2) is 4.98 Å². The van der Waals surface area contributed by atoms with Crippen molar-refractivity contribution in [1.29, 1.82) is 0 Å². The first-order chi connectivity index (χ1) is 8.74. The van der Waals surface area contributed by atoms with Crippen molar-refractivity contribution in [2.75, 3.05) is 5.32 Å². The Morgan fingerprint density at radius 3 is 3.06 bits per heavy atom. The molecule has 4 nitrogen and oxygen atoms in total. The zero-order valence-corrected chi connectivity index (χ0v) is 11.1. The molecule has 0 radical (unpaired) electrons. The third-order valence-corrected chi connectivity index (χ3v) is 3.91. The van der Waals surface area contributed by atoms with Gasteiger partial charge in [0.05, 0.1) is 6.04 Å². The van der Waals surface area contributed by atoms with Crippen LogP contribution in [0.15, 0.2) is 36.0 Å². The average Bonchev–Trinajstić information content (AvgIpc) is 2.98. The zero-order valence-electron chi connectivity index (χ0n) is 10.3. The third-order valence-electron chi connectivity index (χ3n) is 2.86. The lowest BCUT2D eigenvalue weighted by atomic mass is 10.2. The summed E-state index contributed by atoms with van der Waals surface area (Å²) in [7, 11) is 0. The van der Waals surface area contributed by atoms with Crippen LogP contribution in [0.4, 0.5) is 5.82 Å². The van der Waals surface area contributed by atoms with E-state index in [0.29, 0.717) is 0 Å². The third kappa shape index (κ3) is 1.97. The van der Waals surface area contributed by atoms with Gasteiger partial charge in [0.2, 0.25) is 0 Å². The highest BCUT2D eigenvalue weighted by Gasteiger charge is 2.09. The highest BCUT2D eigenvalue weighted by atomic mass is 32.1. The van der Waals surface area contributed by atoms with Crippen molar-refractivity contribution >= 4 is 22.8 Å². The van der Waals surface area contributed by atoms with E-state index >= 15 is 0 Å². The number of aromatic nitrogens is 3. The number of hydrogen-bond acceptors (Lipinski definition) is 4. The summed E-state index contributed by atoms with van der Waals surface area (Å²) in [5.41, 5.74) is 2.05. The molecule has 3 heterocycles. The lowest BCUT2D eigenvalue weighted by Gasteiger charge is -2.15. The fourth-order valence-electron chi connectivity index (χ4n) is 1.99. The number of hydrogen-bond donors (Lipinski definition) is 1. The summed E-state index contributed by atoms with van der Waals surface area (Å²) in [5.74, 6) is 0.975. The molecular weight excluding hydrogens is 244 g/mol. The van der Waals surface area contributed by atoms with Gasteiger partial charge in [-0.3, -0.25) is 0 Å². The Hall–Kier alpha value is -1.88. The first-order valence-corrected chi connectivity index (χ1v) is 6.72. The van der Waals surface area contributed by atoms with Crippen molar-refractivity contribution in [2.24, 2.45) is 0 Å². The molecule has 0 aliphatic heterocycles. The van der Waals surface area contributed by atoms with E-state index in [2.05, 4.69) is 52.8 Å². The Kier molecular flexibility index (Phi) is 2.76. The van der Waals surface area contributed by atoms with E-state index in [-0.39, 0.29) is 6.04 Å². The first-order valence-electron chi connectivity index (χ1n) is 5.84. The predicted octanol–water partition coefficient (Wildman–Crippen LogP) is 3.27. The van der Waals surface area contributed by atoms with Gasteiger partial charge in [-0.2, -0.15) is 9.61 Å². The van der Waals surface area contributed by atoms with Crippen LogP contribution in [0.2, 0.25) is 0 Å². The quantitative estimate of drug-likeness (QED) is 0.784. The lowest BCUT2D eigenvalue weighted by molar-refractivity contribution is 0.860. The summed E-state index contributed by atoms with van der Waals surface area (Å²) in [6, 6.07) is 8.58. The number of thiophene rings is 1. The maximum atomic E-state index is 4.24. The smallest absolute Gasteiger partial charge is 0.157 e. The topological polar surface area (TPSA) is 42.2 Å². The summed E-state index contributed by atoms with van der Waals surface area (Å²) in [6.45, 7) is 4.21. The number of rotatable bonds is 3.